The van der Waals surface area contributed by atoms with Crippen molar-refractivity contribution in [3.05, 3.63) is 81.4 Å². The second-order valence-corrected chi connectivity index (χ2v) is 6.06. The lowest BCUT2D eigenvalue weighted by Crippen LogP contribution is -2.01. The Morgan fingerprint density at radius 1 is 1.19 bits per heavy atom. The van der Waals surface area contributed by atoms with Crippen molar-refractivity contribution in [2.24, 2.45) is 0 Å². The molecule has 2 aromatic rings. The first kappa shape index (κ1) is 19.1. The van der Waals surface area contributed by atoms with Crippen LogP contribution >= 0.6 is 0 Å². The highest BCUT2D eigenvalue weighted by Crippen LogP contribution is 2.22. The molecular formula is C21H22N2O3. The third-order valence-electron chi connectivity index (χ3n) is 4.06. The van der Waals surface area contributed by atoms with E-state index in [0.29, 0.717) is 18.4 Å². The van der Waals surface area contributed by atoms with Crippen LogP contribution in [0.3, 0.4) is 0 Å². The Bertz CT molecular complexity index is 852. The summed E-state index contributed by atoms with van der Waals surface area (Å²) in [7, 11) is 1.85. The highest BCUT2D eigenvalue weighted by molar-refractivity contribution is 5.94. The van der Waals surface area contributed by atoms with Gasteiger partial charge in [0.1, 0.15) is 0 Å². The van der Waals surface area contributed by atoms with Crippen molar-refractivity contribution in [1.82, 2.24) is 0 Å². The number of carbonyl (C=O) groups excluding carboxylic acids is 1. The van der Waals surface area contributed by atoms with Gasteiger partial charge in [-0.05, 0) is 53.8 Å². The molecule has 0 atom stereocenters. The number of aryl methyl sites for hydroxylation is 1. The number of hydrogen-bond donors (Lipinski definition) is 1. The van der Waals surface area contributed by atoms with Crippen molar-refractivity contribution < 1.29 is 9.72 Å². The summed E-state index contributed by atoms with van der Waals surface area (Å²) < 4.78 is 0. The lowest BCUT2D eigenvalue weighted by molar-refractivity contribution is -0.384. The quantitative estimate of drug-likeness (QED) is 0.318. The van der Waals surface area contributed by atoms with Crippen LogP contribution < -0.4 is 5.32 Å². The molecule has 0 amide bonds. The summed E-state index contributed by atoms with van der Waals surface area (Å²) in [6.45, 7) is 5.40. The second kappa shape index (κ2) is 8.76. The number of hydrogen-bond acceptors (Lipinski definition) is 4. The van der Waals surface area contributed by atoms with E-state index in [1.54, 1.807) is 19.1 Å². The van der Waals surface area contributed by atoms with Crippen LogP contribution in [-0.2, 0) is 11.2 Å². The van der Waals surface area contributed by atoms with E-state index in [2.05, 4.69) is 11.9 Å². The Morgan fingerprint density at radius 3 is 2.46 bits per heavy atom. The molecule has 0 aromatic heterocycles. The van der Waals surface area contributed by atoms with Crippen molar-refractivity contribution in [2.75, 3.05) is 12.4 Å². The van der Waals surface area contributed by atoms with Gasteiger partial charge in [-0.1, -0.05) is 30.9 Å². The average molecular weight is 350 g/mol. The van der Waals surface area contributed by atoms with Crippen LogP contribution in [0.5, 0.6) is 0 Å². The number of allylic oxidation sites excluding steroid dienone is 1. The predicted molar refractivity (Wildman–Crippen MR) is 106 cm³/mol. The standard InChI is InChI=1S/C21H22N2O3/c1-15(2)21(24)13-8-17-5-10-18(20(14-17)22-3)9-4-16-6-11-19(12-7-16)23(25)26/h4-7,9-12,14,22H,1,8,13H2,2-3H3. The van der Waals surface area contributed by atoms with Gasteiger partial charge in [-0.25, -0.2) is 0 Å². The largest absolute Gasteiger partial charge is 0.388 e. The fraction of sp³-hybridized carbons (Fsp3) is 0.190. The normalized spacial score (nSPS) is 10.7. The number of rotatable bonds is 8. The number of non-ortho nitro benzene ring substituents is 1. The van der Waals surface area contributed by atoms with E-state index in [4.69, 9.17) is 0 Å². The number of nitrogens with zero attached hydrogens (tertiary/aromatic N) is 1. The molecule has 1 N–H and O–H groups in total. The zero-order valence-corrected chi connectivity index (χ0v) is 15.0. The van der Waals surface area contributed by atoms with Crippen molar-refractivity contribution in [2.45, 2.75) is 19.8 Å². The molecule has 0 fully saturated rings. The Kier molecular flexibility index (Phi) is 6.44. The maximum atomic E-state index is 11.7. The van der Waals surface area contributed by atoms with E-state index in [1.165, 1.54) is 12.1 Å². The molecule has 0 bridgehead atoms. The fourth-order valence-electron chi connectivity index (χ4n) is 2.49. The van der Waals surface area contributed by atoms with Crippen LogP contribution in [0.4, 0.5) is 11.4 Å². The third-order valence-corrected chi connectivity index (χ3v) is 4.06. The molecule has 5 heteroatoms. The zero-order valence-electron chi connectivity index (χ0n) is 15.0. The van der Waals surface area contributed by atoms with E-state index >= 15 is 0 Å². The summed E-state index contributed by atoms with van der Waals surface area (Å²) in [5.41, 5.74) is 4.59. The van der Waals surface area contributed by atoms with Gasteiger partial charge in [0.2, 0.25) is 0 Å². The van der Waals surface area contributed by atoms with Crippen LogP contribution in [0.2, 0.25) is 0 Å². The number of benzene rings is 2. The smallest absolute Gasteiger partial charge is 0.269 e. The molecule has 0 saturated heterocycles. The summed E-state index contributed by atoms with van der Waals surface area (Å²) in [6.07, 6.45) is 4.99. The Labute approximate surface area is 153 Å². The first-order valence-corrected chi connectivity index (χ1v) is 8.32. The lowest BCUT2D eigenvalue weighted by Gasteiger charge is -2.09. The first-order chi connectivity index (χ1) is 12.4. The molecule has 0 saturated carbocycles. The van der Waals surface area contributed by atoms with Crippen LogP contribution in [0, 0.1) is 10.1 Å². The first-order valence-electron chi connectivity index (χ1n) is 8.32. The minimum absolute atomic E-state index is 0.0757. The number of nitro benzene ring substituents is 1. The van der Waals surface area contributed by atoms with Crippen LogP contribution in [0.1, 0.15) is 30.0 Å². The topological polar surface area (TPSA) is 72.2 Å². The zero-order chi connectivity index (χ0) is 19.1. The summed E-state index contributed by atoms with van der Waals surface area (Å²) >= 11 is 0. The summed E-state index contributed by atoms with van der Waals surface area (Å²) in [6, 6.07) is 12.4. The molecule has 0 unspecified atom stereocenters. The van der Waals surface area contributed by atoms with Gasteiger partial charge in [0.15, 0.2) is 5.78 Å². The van der Waals surface area contributed by atoms with Gasteiger partial charge in [-0.3, -0.25) is 14.9 Å². The van der Waals surface area contributed by atoms with Crippen LogP contribution in [0.15, 0.2) is 54.6 Å². The number of nitrogens with one attached hydrogen (secondary N) is 1. The van der Waals surface area contributed by atoms with Crippen molar-refractivity contribution in [3.63, 3.8) is 0 Å². The Morgan fingerprint density at radius 2 is 1.88 bits per heavy atom. The maximum Gasteiger partial charge on any atom is 0.269 e. The SMILES string of the molecule is C=C(C)C(=O)CCc1ccc(C=Cc2ccc([N+](=O)[O-])cc2)c(NC)c1. The summed E-state index contributed by atoms with van der Waals surface area (Å²) in [5.74, 6) is 0.0816. The highest BCUT2D eigenvalue weighted by Gasteiger charge is 2.06. The van der Waals surface area contributed by atoms with E-state index in [1.807, 2.05) is 37.4 Å². The molecule has 5 nitrogen and oxygen atoms in total. The maximum absolute atomic E-state index is 11.7. The van der Waals surface area contributed by atoms with Crippen LogP contribution in [0.25, 0.3) is 12.2 Å². The number of ketones is 1. The Balaban J connectivity index is 2.12. The number of anilines is 1. The third kappa shape index (κ3) is 5.14. The molecule has 2 aromatic carbocycles. The van der Waals surface area contributed by atoms with Gasteiger partial charge in [-0.2, -0.15) is 0 Å². The molecular weight excluding hydrogens is 328 g/mol. The summed E-state index contributed by atoms with van der Waals surface area (Å²) in [4.78, 5) is 22.0. The molecule has 0 heterocycles. The average Bonchev–Trinajstić information content (AvgIpc) is 2.64. The van der Waals surface area contributed by atoms with Gasteiger partial charge in [0.05, 0.1) is 4.92 Å². The Hall–Kier alpha value is -3.21. The molecule has 2 rings (SSSR count). The molecule has 0 spiro atoms. The minimum Gasteiger partial charge on any atom is -0.388 e. The van der Waals surface area contributed by atoms with E-state index < -0.39 is 4.92 Å². The van der Waals surface area contributed by atoms with Gasteiger partial charge in [-0.15, -0.1) is 0 Å². The molecule has 26 heavy (non-hydrogen) atoms. The minimum atomic E-state index is -0.413. The van der Waals surface area contributed by atoms with Crippen molar-refractivity contribution in [1.29, 1.82) is 0 Å². The van der Waals surface area contributed by atoms with Gasteiger partial charge >= 0.3 is 0 Å². The van der Waals surface area contributed by atoms with Gasteiger partial charge in [0, 0.05) is 31.3 Å². The highest BCUT2D eigenvalue weighted by atomic mass is 16.6. The van der Waals surface area contributed by atoms with E-state index in [0.717, 1.165) is 22.4 Å². The van der Waals surface area contributed by atoms with Gasteiger partial charge < -0.3 is 5.32 Å². The van der Waals surface area contributed by atoms with Crippen molar-refractivity contribution >= 4 is 29.3 Å². The number of carbonyl (C=O) groups is 1. The molecule has 0 aliphatic carbocycles. The van der Waals surface area contributed by atoms with E-state index in [-0.39, 0.29) is 11.5 Å². The molecule has 0 aliphatic rings. The molecule has 134 valence electrons. The number of Topliss-reactive ketones (excluding diaryl/α,β-unsaturated/α-hetero) is 1. The number of nitro groups is 1. The summed E-state index contributed by atoms with van der Waals surface area (Å²) in [5, 5.41) is 13.9. The monoisotopic (exact) mass is 350 g/mol. The second-order valence-electron chi connectivity index (χ2n) is 6.06. The lowest BCUT2D eigenvalue weighted by atomic mass is 10.0. The van der Waals surface area contributed by atoms with Gasteiger partial charge in [0.25, 0.3) is 5.69 Å². The van der Waals surface area contributed by atoms with Crippen molar-refractivity contribution in [3.8, 4) is 0 Å². The van der Waals surface area contributed by atoms with Crippen LogP contribution in [-0.4, -0.2) is 17.8 Å². The van der Waals surface area contributed by atoms with E-state index in [9.17, 15) is 14.9 Å². The molecule has 0 radical (unpaired) electrons. The predicted octanol–water partition coefficient (Wildman–Crippen LogP) is 4.88. The molecule has 0 aliphatic heterocycles. The fourth-order valence-corrected chi connectivity index (χ4v) is 2.49.